The number of carbonyl (C=O) groups excluding carboxylic acids is 1. The molecule has 3 heterocycles. The van der Waals surface area contributed by atoms with Gasteiger partial charge in [-0.25, -0.2) is 4.98 Å². The minimum atomic E-state index is 0.226. The molecule has 1 amide bonds. The Balaban J connectivity index is 1.33. The lowest BCUT2D eigenvalue weighted by molar-refractivity contribution is -0.131. The van der Waals surface area contributed by atoms with Gasteiger partial charge in [0, 0.05) is 51.1 Å². The van der Waals surface area contributed by atoms with E-state index in [1.807, 2.05) is 17.9 Å². The van der Waals surface area contributed by atoms with Gasteiger partial charge >= 0.3 is 0 Å². The number of likely N-dealkylation sites (tertiary alicyclic amines) is 1. The van der Waals surface area contributed by atoms with E-state index in [2.05, 4.69) is 11.0 Å². The Labute approximate surface area is 150 Å². The van der Waals surface area contributed by atoms with Gasteiger partial charge < -0.3 is 14.5 Å². The maximum atomic E-state index is 11.9. The Hall–Kier alpha value is -1.62. The third kappa shape index (κ3) is 3.66. The van der Waals surface area contributed by atoms with E-state index in [-0.39, 0.29) is 5.91 Å². The Morgan fingerprint density at radius 2 is 2.00 bits per heavy atom. The number of hydrogen-bond donors (Lipinski definition) is 0. The summed E-state index contributed by atoms with van der Waals surface area (Å²) >= 11 is 0. The molecule has 2 fully saturated rings. The van der Waals surface area contributed by atoms with Crippen LogP contribution >= 0.6 is 0 Å². The Kier molecular flexibility index (Phi) is 4.93. The molecule has 0 unspecified atom stereocenters. The molecular formula is C20H29N3O2. The molecule has 0 spiro atoms. The lowest BCUT2D eigenvalue weighted by Crippen LogP contribution is -2.46. The van der Waals surface area contributed by atoms with Crippen LogP contribution in [0.3, 0.4) is 0 Å². The molecule has 1 saturated heterocycles. The van der Waals surface area contributed by atoms with Crippen molar-refractivity contribution in [3.05, 3.63) is 23.4 Å². The van der Waals surface area contributed by atoms with Gasteiger partial charge in [-0.15, -0.1) is 0 Å². The molecule has 1 aliphatic carbocycles. The number of carbonyl (C=O) groups is 1. The Morgan fingerprint density at radius 1 is 1.20 bits per heavy atom. The molecule has 0 bridgehead atoms. The van der Waals surface area contributed by atoms with Gasteiger partial charge in [0.1, 0.15) is 6.10 Å². The molecule has 136 valence electrons. The maximum Gasteiger partial charge on any atom is 0.222 e. The van der Waals surface area contributed by atoms with Gasteiger partial charge in [-0.1, -0.05) is 19.4 Å². The topological polar surface area (TPSA) is 45.7 Å². The van der Waals surface area contributed by atoms with E-state index >= 15 is 0 Å². The summed E-state index contributed by atoms with van der Waals surface area (Å²) in [6, 6.07) is 4.92. The van der Waals surface area contributed by atoms with Gasteiger partial charge in [-0.05, 0) is 31.2 Å². The average Bonchev–Trinajstić information content (AvgIpc) is 2.61. The summed E-state index contributed by atoms with van der Waals surface area (Å²) in [6.45, 7) is 5.71. The van der Waals surface area contributed by atoms with Crippen molar-refractivity contribution < 1.29 is 9.53 Å². The van der Waals surface area contributed by atoms with E-state index in [1.165, 1.54) is 24.8 Å². The minimum Gasteiger partial charge on any atom is -0.474 e. The zero-order chi connectivity index (χ0) is 17.2. The first-order valence-electron chi connectivity index (χ1n) is 9.90. The molecule has 4 rings (SSSR count). The number of hydrogen-bond acceptors (Lipinski definition) is 4. The summed E-state index contributed by atoms with van der Waals surface area (Å²) in [5.41, 5.74) is 2.27. The van der Waals surface area contributed by atoms with Crippen molar-refractivity contribution in [1.29, 1.82) is 0 Å². The summed E-state index contributed by atoms with van der Waals surface area (Å²) in [5, 5.41) is 0. The molecule has 2 aliphatic heterocycles. The second-order valence-electron chi connectivity index (χ2n) is 7.61. The first-order valence-corrected chi connectivity index (χ1v) is 9.90. The molecule has 5 nitrogen and oxygen atoms in total. The van der Waals surface area contributed by atoms with Gasteiger partial charge in [0.2, 0.25) is 11.8 Å². The molecule has 1 aromatic rings. The third-order valence-corrected chi connectivity index (χ3v) is 6.03. The highest BCUT2D eigenvalue weighted by Gasteiger charge is 2.29. The fourth-order valence-electron chi connectivity index (χ4n) is 4.18. The molecule has 3 aliphatic rings. The molecule has 0 aromatic carbocycles. The molecule has 5 heteroatoms. The van der Waals surface area contributed by atoms with Crippen LogP contribution in [0.1, 0.15) is 56.7 Å². The van der Waals surface area contributed by atoms with Crippen molar-refractivity contribution >= 4 is 5.91 Å². The predicted octanol–water partition coefficient (Wildman–Crippen LogP) is 2.77. The smallest absolute Gasteiger partial charge is 0.222 e. The normalized spacial score (nSPS) is 22.4. The lowest BCUT2D eigenvalue weighted by Gasteiger charge is -2.41. The van der Waals surface area contributed by atoms with Gasteiger partial charge in [0.05, 0.1) is 5.69 Å². The maximum absolute atomic E-state index is 11.9. The summed E-state index contributed by atoms with van der Waals surface area (Å²) in [7, 11) is 0. The Bertz CT molecular complexity index is 621. The third-order valence-electron chi connectivity index (χ3n) is 6.03. The predicted molar refractivity (Wildman–Crippen MR) is 96.5 cm³/mol. The van der Waals surface area contributed by atoms with Crippen LogP contribution in [0.2, 0.25) is 0 Å². The highest BCUT2D eigenvalue weighted by molar-refractivity contribution is 5.76. The molecule has 0 atom stereocenters. The number of piperidine rings is 1. The largest absolute Gasteiger partial charge is 0.474 e. The zero-order valence-corrected chi connectivity index (χ0v) is 15.2. The molecule has 1 saturated carbocycles. The zero-order valence-electron chi connectivity index (χ0n) is 15.2. The van der Waals surface area contributed by atoms with Crippen LogP contribution in [0.15, 0.2) is 12.1 Å². The number of fused-ring (bicyclic) bond motifs is 1. The van der Waals surface area contributed by atoms with Crippen LogP contribution in [0.4, 0.5) is 0 Å². The number of nitrogens with zero attached hydrogens (tertiary/aromatic N) is 3. The van der Waals surface area contributed by atoms with Crippen molar-refractivity contribution in [2.24, 2.45) is 0 Å². The summed E-state index contributed by atoms with van der Waals surface area (Å²) < 4.78 is 6.18. The van der Waals surface area contributed by atoms with Crippen molar-refractivity contribution in [3.8, 4) is 5.88 Å². The van der Waals surface area contributed by atoms with Crippen molar-refractivity contribution in [2.75, 3.05) is 19.6 Å². The SMILES string of the molecule is CCC(=O)N1CCc2nc(OC3CCN(C4CCC4)CC3)ccc2C1. The van der Waals surface area contributed by atoms with Crippen LogP contribution in [0, 0.1) is 0 Å². The van der Waals surface area contributed by atoms with E-state index < -0.39 is 0 Å². The summed E-state index contributed by atoms with van der Waals surface area (Å²) in [6.07, 6.45) is 8.08. The van der Waals surface area contributed by atoms with Crippen LogP contribution < -0.4 is 4.74 Å². The second-order valence-corrected chi connectivity index (χ2v) is 7.61. The van der Waals surface area contributed by atoms with Crippen LogP contribution in [-0.4, -0.2) is 52.5 Å². The molecule has 0 N–H and O–H groups in total. The second kappa shape index (κ2) is 7.32. The number of rotatable bonds is 4. The van der Waals surface area contributed by atoms with Crippen molar-refractivity contribution in [1.82, 2.24) is 14.8 Å². The van der Waals surface area contributed by atoms with E-state index in [1.54, 1.807) is 0 Å². The summed E-state index contributed by atoms with van der Waals surface area (Å²) in [4.78, 5) is 21.2. The highest BCUT2D eigenvalue weighted by atomic mass is 16.5. The number of pyridine rings is 1. The number of aromatic nitrogens is 1. The standard InChI is InChI=1S/C20H29N3O2/c1-2-20(24)23-13-10-18-15(14-23)6-7-19(21-18)25-17-8-11-22(12-9-17)16-4-3-5-16/h6-7,16-17H,2-5,8-14H2,1H3. The number of ether oxygens (including phenoxy) is 1. The monoisotopic (exact) mass is 343 g/mol. The van der Waals surface area contributed by atoms with Gasteiger partial charge in [0.25, 0.3) is 0 Å². The van der Waals surface area contributed by atoms with E-state index in [4.69, 9.17) is 9.72 Å². The first kappa shape index (κ1) is 16.8. The van der Waals surface area contributed by atoms with E-state index in [9.17, 15) is 4.79 Å². The molecule has 0 radical (unpaired) electrons. The van der Waals surface area contributed by atoms with Crippen LogP contribution in [0.5, 0.6) is 5.88 Å². The Morgan fingerprint density at radius 3 is 2.68 bits per heavy atom. The van der Waals surface area contributed by atoms with E-state index in [0.29, 0.717) is 19.1 Å². The molecular weight excluding hydrogens is 314 g/mol. The summed E-state index contributed by atoms with van der Waals surface area (Å²) in [5.74, 6) is 0.986. The molecule has 25 heavy (non-hydrogen) atoms. The quantitative estimate of drug-likeness (QED) is 0.843. The highest BCUT2D eigenvalue weighted by Crippen LogP contribution is 2.29. The molecule has 1 aromatic heterocycles. The van der Waals surface area contributed by atoms with E-state index in [0.717, 1.165) is 56.5 Å². The van der Waals surface area contributed by atoms with Gasteiger partial charge in [-0.3, -0.25) is 4.79 Å². The fourth-order valence-corrected chi connectivity index (χ4v) is 4.18. The lowest BCUT2D eigenvalue weighted by atomic mass is 9.90. The number of amides is 1. The van der Waals surface area contributed by atoms with Crippen LogP contribution in [0.25, 0.3) is 0 Å². The first-order chi connectivity index (χ1) is 12.2. The van der Waals surface area contributed by atoms with Gasteiger partial charge in [0.15, 0.2) is 0 Å². The van der Waals surface area contributed by atoms with Crippen molar-refractivity contribution in [3.63, 3.8) is 0 Å². The van der Waals surface area contributed by atoms with Crippen LogP contribution in [-0.2, 0) is 17.8 Å². The van der Waals surface area contributed by atoms with Gasteiger partial charge in [-0.2, -0.15) is 0 Å². The fraction of sp³-hybridized carbons (Fsp3) is 0.700. The average molecular weight is 343 g/mol. The van der Waals surface area contributed by atoms with Crippen molar-refractivity contribution in [2.45, 2.75) is 70.6 Å². The minimum absolute atomic E-state index is 0.226.